The van der Waals surface area contributed by atoms with Crippen LogP contribution in [0.15, 0.2) is 48.9 Å². The molecule has 2 aliphatic rings. The van der Waals surface area contributed by atoms with Crippen LogP contribution < -0.4 is 26.4 Å². The Morgan fingerprint density at radius 2 is 2.14 bits per heavy atom. The summed E-state index contributed by atoms with van der Waals surface area (Å²) in [7, 11) is 0. The Hall–Kier alpha value is -3.54. The van der Waals surface area contributed by atoms with Gasteiger partial charge >= 0.3 is 0 Å². The standard InChI is InChI=1S/C25H33N9O2/c1-16-10-21(29-22-12-17(2)31-32-22)30-24(11-16)33-9-6-19(20(35)15-33)25(36)27-14-18-4-5-23(26-13-18)34-8-3-7-28-34/h3-5,7-8,10-11,13,17,19-20,22,31-32,35H,6,9,12,14-15H2,1-2H3,(H,27,36)(H,29,30)/t17?,19-,20-,22?/m1/s1. The van der Waals surface area contributed by atoms with Crippen LogP contribution in [-0.4, -0.2) is 62.2 Å². The number of aromatic nitrogens is 4. The first kappa shape index (κ1) is 24.2. The number of hydrogen-bond acceptors (Lipinski definition) is 9. The Labute approximate surface area is 210 Å². The van der Waals surface area contributed by atoms with Gasteiger partial charge in [0.15, 0.2) is 5.82 Å². The summed E-state index contributed by atoms with van der Waals surface area (Å²) >= 11 is 0. The van der Waals surface area contributed by atoms with Gasteiger partial charge in [-0.05, 0) is 62.1 Å². The van der Waals surface area contributed by atoms with Crippen molar-refractivity contribution in [1.29, 1.82) is 0 Å². The molecule has 36 heavy (non-hydrogen) atoms. The summed E-state index contributed by atoms with van der Waals surface area (Å²) in [6.45, 7) is 5.52. The first-order valence-corrected chi connectivity index (χ1v) is 12.4. The van der Waals surface area contributed by atoms with Gasteiger partial charge in [-0.3, -0.25) is 10.2 Å². The second-order valence-corrected chi connectivity index (χ2v) is 9.61. The Morgan fingerprint density at radius 1 is 1.25 bits per heavy atom. The van der Waals surface area contributed by atoms with Crippen molar-refractivity contribution in [2.45, 2.75) is 51.5 Å². The highest BCUT2D eigenvalue weighted by Gasteiger charge is 2.33. The molecule has 0 bridgehead atoms. The summed E-state index contributed by atoms with van der Waals surface area (Å²) < 4.78 is 1.68. The van der Waals surface area contributed by atoms with E-state index >= 15 is 0 Å². The molecule has 5 heterocycles. The SMILES string of the molecule is Cc1cc(NC2CC(C)NN2)nc(N2CC[C@@H](C(=O)NCc3ccc(-n4cccn4)nc3)[C@H](O)C2)c1. The van der Waals surface area contributed by atoms with E-state index in [9.17, 15) is 9.90 Å². The van der Waals surface area contributed by atoms with Crippen LogP contribution in [0, 0.1) is 12.8 Å². The van der Waals surface area contributed by atoms with E-state index in [-0.39, 0.29) is 12.1 Å². The fourth-order valence-electron chi connectivity index (χ4n) is 4.70. The van der Waals surface area contributed by atoms with Crippen LogP contribution in [0.1, 0.15) is 30.9 Å². The molecular weight excluding hydrogens is 458 g/mol. The molecule has 3 aromatic rings. The second kappa shape index (κ2) is 10.6. The van der Waals surface area contributed by atoms with Crippen molar-refractivity contribution in [3.63, 3.8) is 0 Å². The van der Waals surface area contributed by atoms with Crippen molar-refractivity contribution in [3.8, 4) is 5.82 Å². The topological polar surface area (TPSA) is 132 Å². The maximum absolute atomic E-state index is 12.8. The zero-order valence-corrected chi connectivity index (χ0v) is 20.6. The number of rotatable bonds is 7. The van der Waals surface area contributed by atoms with Gasteiger partial charge in [-0.1, -0.05) is 6.07 Å². The number of aliphatic hydroxyl groups is 1. The van der Waals surface area contributed by atoms with E-state index in [0.717, 1.165) is 29.2 Å². The van der Waals surface area contributed by atoms with Crippen LogP contribution in [0.5, 0.6) is 0 Å². The fraction of sp³-hybridized carbons (Fsp3) is 0.440. The van der Waals surface area contributed by atoms with Gasteiger partial charge in [0.05, 0.1) is 18.2 Å². The third kappa shape index (κ3) is 5.64. The molecule has 11 nitrogen and oxygen atoms in total. The highest BCUT2D eigenvalue weighted by molar-refractivity contribution is 5.79. The van der Waals surface area contributed by atoms with Gasteiger partial charge in [0.25, 0.3) is 0 Å². The molecular formula is C25H33N9O2. The quantitative estimate of drug-likeness (QED) is 0.330. The Balaban J connectivity index is 1.15. The van der Waals surface area contributed by atoms with Crippen molar-refractivity contribution >= 4 is 17.5 Å². The number of hydrazine groups is 1. The number of piperidine rings is 1. The summed E-state index contributed by atoms with van der Waals surface area (Å²) in [5.74, 6) is 1.70. The minimum atomic E-state index is -0.778. The molecule has 0 saturated carbocycles. The van der Waals surface area contributed by atoms with E-state index in [1.165, 1.54) is 0 Å². The summed E-state index contributed by atoms with van der Waals surface area (Å²) in [6.07, 6.45) is 6.08. The number of β-amino-alcohol motifs (C(OH)–C–C–N with tert-alkyl or cyclic N) is 1. The highest BCUT2D eigenvalue weighted by atomic mass is 16.3. The molecule has 4 atom stereocenters. The largest absolute Gasteiger partial charge is 0.390 e. The van der Waals surface area contributed by atoms with Gasteiger partial charge in [0.2, 0.25) is 5.91 Å². The third-order valence-electron chi connectivity index (χ3n) is 6.63. The lowest BCUT2D eigenvalue weighted by atomic mass is 9.92. The van der Waals surface area contributed by atoms with Crippen molar-refractivity contribution in [2.24, 2.45) is 5.92 Å². The van der Waals surface area contributed by atoms with Gasteiger partial charge in [-0.25, -0.2) is 20.1 Å². The first-order chi connectivity index (χ1) is 17.4. The summed E-state index contributed by atoms with van der Waals surface area (Å²) in [4.78, 5) is 24.1. The van der Waals surface area contributed by atoms with Crippen LogP contribution in [0.3, 0.4) is 0 Å². The average Bonchev–Trinajstić information content (AvgIpc) is 3.54. The number of aryl methyl sites for hydroxylation is 1. The summed E-state index contributed by atoms with van der Waals surface area (Å²) in [5.41, 5.74) is 8.40. The molecule has 190 valence electrons. The maximum Gasteiger partial charge on any atom is 0.226 e. The Morgan fingerprint density at radius 3 is 2.83 bits per heavy atom. The molecule has 0 radical (unpaired) electrons. The molecule has 1 amide bonds. The molecule has 0 spiro atoms. The Kier molecular flexibility index (Phi) is 7.12. The molecule has 11 heteroatoms. The predicted molar refractivity (Wildman–Crippen MR) is 136 cm³/mol. The number of carbonyl (C=O) groups excluding carboxylic acids is 1. The van der Waals surface area contributed by atoms with Crippen LogP contribution >= 0.6 is 0 Å². The minimum absolute atomic E-state index is 0.110. The van der Waals surface area contributed by atoms with Crippen molar-refractivity contribution in [3.05, 3.63) is 60.0 Å². The van der Waals surface area contributed by atoms with E-state index in [4.69, 9.17) is 4.98 Å². The molecule has 5 N–H and O–H groups in total. The number of pyridine rings is 2. The molecule has 0 aromatic carbocycles. The van der Waals surface area contributed by atoms with Crippen LogP contribution in [0.2, 0.25) is 0 Å². The number of hydrogen-bond donors (Lipinski definition) is 5. The lowest BCUT2D eigenvalue weighted by molar-refractivity contribution is -0.129. The van der Waals surface area contributed by atoms with Gasteiger partial charge in [0, 0.05) is 44.3 Å². The normalized spacial score (nSPS) is 24.0. The number of aliphatic hydroxyl groups excluding tert-OH is 1. The molecule has 2 aliphatic heterocycles. The van der Waals surface area contributed by atoms with Crippen LogP contribution in [0.25, 0.3) is 5.82 Å². The van der Waals surface area contributed by atoms with Crippen molar-refractivity contribution in [1.82, 2.24) is 35.9 Å². The van der Waals surface area contributed by atoms with E-state index < -0.39 is 12.0 Å². The van der Waals surface area contributed by atoms with E-state index in [1.54, 1.807) is 17.1 Å². The van der Waals surface area contributed by atoms with Gasteiger partial charge in [-0.2, -0.15) is 5.10 Å². The van der Waals surface area contributed by atoms with Crippen molar-refractivity contribution < 1.29 is 9.90 Å². The van der Waals surface area contributed by atoms with Gasteiger partial charge < -0.3 is 20.6 Å². The minimum Gasteiger partial charge on any atom is -0.390 e. The number of carbonyl (C=O) groups is 1. The van der Waals surface area contributed by atoms with Crippen LogP contribution in [-0.2, 0) is 11.3 Å². The second-order valence-electron chi connectivity index (χ2n) is 9.61. The Bertz CT molecular complexity index is 1170. The summed E-state index contributed by atoms with van der Waals surface area (Å²) in [5, 5.41) is 21.4. The van der Waals surface area contributed by atoms with E-state index in [0.29, 0.717) is 37.9 Å². The number of anilines is 2. The third-order valence-corrected chi connectivity index (χ3v) is 6.63. The molecule has 0 aliphatic carbocycles. The number of nitrogens with zero attached hydrogens (tertiary/aromatic N) is 5. The molecule has 5 rings (SSSR count). The zero-order valence-electron chi connectivity index (χ0n) is 20.6. The number of nitrogens with one attached hydrogen (secondary N) is 4. The van der Waals surface area contributed by atoms with Crippen molar-refractivity contribution in [2.75, 3.05) is 23.3 Å². The van der Waals surface area contributed by atoms with Gasteiger partial charge in [0.1, 0.15) is 11.6 Å². The highest BCUT2D eigenvalue weighted by Crippen LogP contribution is 2.25. The monoisotopic (exact) mass is 491 g/mol. The predicted octanol–water partition coefficient (Wildman–Crippen LogP) is 1.10. The zero-order chi connectivity index (χ0) is 25.1. The average molecular weight is 492 g/mol. The lowest BCUT2D eigenvalue weighted by Gasteiger charge is -2.36. The molecule has 2 unspecified atom stereocenters. The lowest BCUT2D eigenvalue weighted by Crippen LogP contribution is -2.49. The molecule has 2 saturated heterocycles. The smallest absolute Gasteiger partial charge is 0.226 e. The number of amides is 1. The van der Waals surface area contributed by atoms with Gasteiger partial charge in [-0.15, -0.1) is 0 Å². The van der Waals surface area contributed by atoms with Crippen LogP contribution in [0.4, 0.5) is 11.6 Å². The van der Waals surface area contributed by atoms with E-state index in [1.807, 2.05) is 48.4 Å². The molecule has 2 fully saturated rings. The molecule has 3 aromatic heterocycles. The first-order valence-electron chi connectivity index (χ1n) is 12.4. The maximum atomic E-state index is 12.8. The van der Waals surface area contributed by atoms with E-state index in [2.05, 4.69) is 38.5 Å². The summed E-state index contributed by atoms with van der Waals surface area (Å²) in [6, 6.07) is 10.0. The fourth-order valence-corrected chi connectivity index (χ4v) is 4.70.